The second-order valence-corrected chi connectivity index (χ2v) is 9.28. The molecule has 0 radical (unpaired) electrons. The van der Waals surface area contributed by atoms with Crippen LogP contribution in [0.25, 0.3) is 10.8 Å². The first-order valence-electron chi connectivity index (χ1n) is 9.71. The Morgan fingerprint density at radius 2 is 2.11 bits per heavy atom. The van der Waals surface area contributed by atoms with Crippen LogP contribution in [0, 0.1) is 0 Å². The molecule has 4 nitrogen and oxygen atoms in total. The molecule has 28 heavy (non-hydrogen) atoms. The van der Waals surface area contributed by atoms with E-state index >= 15 is 0 Å². The quantitative estimate of drug-likeness (QED) is 0.355. The lowest BCUT2D eigenvalue weighted by molar-refractivity contribution is 0.0582. The van der Waals surface area contributed by atoms with Crippen LogP contribution in [0.4, 0.5) is 10.5 Å². The summed E-state index contributed by atoms with van der Waals surface area (Å²) in [6.45, 7) is 8.90. The van der Waals surface area contributed by atoms with Gasteiger partial charge in [0.15, 0.2) is 0 Å². The smallest absolute Gasteiger partial charge is 0.414 e. The van der Waals surface area contributed by atoms with Crippen LogP contribution in [-0.2, 0) is 4.74 Å². The Hall–Kier alpha value is -1.46. The highest BCUT2D eigenvalue weighted by molar-refractivity contribution is 9.10. The van der Waals surface area contributed by atoms with Crippen molar-refractivity contribution in [3.63, 3.8) is 0 Å². The Morgan fingerprint density at radius 3 is 2.75 bits per heavy atom. The predicted octanol–water partition coefficient (Wildman–Crippen LogP) is 6.86. The number of hydrogen-bond acceptors (Lipinski definition) is 3. The van der Waals surface area contributed by atoms with E-state index in [0.717, 1.165) is 45.1 Å². The molecule has 0 spiro atoms. The topological polar surface area (TPSA) is 38.8 Å². The first-order valence-corrected chi connectivity index (χ1v) is 11.0. The van der Waals surface area contributed by atoms with Gasteiger partial charge in [0.05, 0.1) is 12.3 Å². The monoisotopic (exact) mass is 467 g/mol. The van der Waals surface area contributed by atoms with Gasteiger partial charge in [-0.25, -0.2) is 4.79 Å². The molecule has 1 aliphatic heterocycles. The van der Waals surface area contributed by atoms with Gasteiger partial charge in [0.2, 0.25) is 0 Å². The molecule has 1 atom stereocenters. The maximum Gasteiger partial charge on any atom is 0.414 e. The molecule has 0 N–H and O–H groups in total. The number of rotatable bonds is 5. The number of alkyl halides is 1. The minimum absolute atomic E-state index is 0.0469. The summed E-state index contributed by atoms with van der Waals surface area (Å²) in [7, 11) is 0. The van der Waals surface area contributed by atoms with Crippen molar-refractivity contribution in [2.75, 3.05) is 23.9 Å². The summed E-state index contributed by atoms with van der Waals surface area (Å²) in [4.78, 5) is 14.6. The van der Waals surface area contributed by atoms with Crippen molar-refractivity contribution in [2.45, 2.75) is 52.1 Å². The molecule has 2 aromatic carbocycles. The average Bonchev–Trinajstić information content (AvgIpc) is 2.99. The van der Waals surface area contributed by atoms with Crippen molar-refractivity contribution in [1.29, 1.82) is 0 Å². The maximum atomic E-state index is 12.9. The average molecular weight is 469 g/mol. The number of amides is 1. The summed E-state index contributed by atoms with van der Waals surface area (Å²) in [6, 6.07) is 8.06. The molecule has 0 aliphatic carbocycles. The van der Waals surface area contributed by atoms with E-state index in [0.29, 0.717) is 19.0 Å². The molecule has 0 saturated heterocycles. The molecule has 2 aromatic rings. The van der Waals surface area contributed by atoms with Crippen LogP contribution in [0.5, 0.6) is 5.75 Å². The molecule has 3 rings (SSSR count). The minimum atomic E-state index is -0.559. The Bertz CT molecular complexity index is 878. The third-order valence-electron chi connectivity index (χ3n) is 4.75. The number of carbonyl (C=O) groups is 1. The molecule has 0 bridgehead atoms. The van der Waals surface area contributed by atoms with Gasteiger partial charge in [0.25, 0.3) is 0 Å². The van der Waals surface area contributed by atoms with E-state index in [1.54, 1.807) is 4.90 Å². The van der Waals surface area contributed by atoms with Crippen LogP contribution in [0.3, 0.4) is 0 Å². The summed E-state index contributed by atoms with van der Waals surface area (Å²) in [5.74, 6) is 1.26. The molecule has 0 aromatic heterocycles. The largest absolute Gasteiger partial charge is 0.493 e. The number of ether oxygens (including phenoxy) is 2. The van der Waals surface area contributed by atoms with E-state index < -0.39 is 5.60 Å². The Balaban J connectivity index is 2.14. The third kappa shape index (κ3) is 4.25. The molecule has 0 fully saturated rings. The Labute approximate surface area is 180 Å². The SMILES string of the molecule is CCCCOc1cc2c(c3cccc(Br)c13)C(CCl)CN2C(=O)OC(C)(C)C. The Morgan fingerprint density at radius 1 is 1.36 bits per heavy atom. The van der Waals surface area contributed by atoms with Gasteiger partial charge in [-0.1, -0.05) is 41.4 Å². The number of halogens is 2. The fourth-order valence-electron chi connectivity index (χ4n) is 3.53. The van der Waals surface area contributed by atoms with Gasteiger partial charge in [0, 0.05) is 34.3 Å². The van der Waals surface area contributed by atoms with Gasteiger partial charge in [-0.2, -0.15) is 0 Å². The second kappa shape index (κ2) is 8.50. The van der Waals surface area contributed by atoms with Gasteiger partial charge in [-0.3, -0.25) is 4.90 Å². The van der Waals surface area contributed by atoms with Gasteiger partial charge in [0.1, 0.15) is 11.4 Å². The number of nitrogens with zero attached hydrogens (tertiary/aromatic N) is 1. The lowest BCUT2D eigenvalue weighted by Gasteiger charge is -2.25. The minimum Gasteiger partial charge on any atom is -0.493 e. The van der Waals surface area contributed by atoms with Crippen molar-refractivity contribution in [3.05, 3.63) is 34.3 Å². The van der Waals surface area contributed by atoms with Gasteiger partial charge >= 0.3 is 6.09 Å². The van der Waals surface area contributed by atoms with Crippen molar-refractivity contribution in [2.24, 2.45) is 0 Å². The molecular formula is C22H27BrClNO3. The highest BCUT2D eigenvalue weighted by Gasteiger charge is 2.37. The summed E-state index contributed by atoms with van der Waals surface area (Å²) in [5, 5.41) is 2.09. The summed E-state index contributed by atoms with van der Waals surface area (Å²) < 4.78 is 12.7. The number of anilines is 1. The zero-order valence-electron chi connectivity index (χ0n) is 16.9. The van der Waals surface area contributed by atoms with Crippen LogP contribution in [0.15, 0.2) is 28.7 Å². The molecular weight excluding hydrogens is 442 g/mol. The fraction of sp³-hybridized carbons (Fsp3) is 0.500. The number of fused-ring (bicyclic) bond motifs is 3. The second-order valence-electron chi connectivity index (χ2n) is 8.11. The molecule has 6 heteroatoms. The van der Waals surface area contributed by atoms with Gasteiger partial charge in [-0.15, -0.1) is 11.6 Å². The first-order chi connectivity index (χ1) is 13.3. The molecule has 0 saturated carbocycles. The van der Waals surface area contributed by atoms with Crippen molar-refractivity contribution >= 4 is 50.1 Å². The third-order valence-corrected chi connectivity index (χ3v) is 5.78. The number of carbonyl (C=O) groups excluding carboxylic acids is 1. The van der Waals surface area contributed by atoms with Crippen LogP contribution < -0.4 is 9.64 Å². The number of unbranched alkanes of at least 4 members (excludes halogenated alkanes) is 1. The number of hydrogen-bond donors (Lipinski definition) is 0. The van der Waals surface area contributed by atoms with E-state index in [9.17, 15) is 4.79 Å². The van der Waals surface area contributed by atoms with Crippen molar-refractivity contribution < 1.29 is 14.3 Å². The number of benzene rings is 2. The summed E-state index contributed by atoms with van der Waals surface area (Å²) in [5.41, 5.74) is 1.35. The zero-order valence-corrected chi connectivity index (χ0v) is 19.2. The molecule has 152 valence electrons. The van der Waals surface area contributed by atoms with Crippen molar-refractivity contribution in [1.82, 2.24) is 0 Å². The standard InChI is InChI=1S/C22H27BrClNO3/c1-5-6-10-27-18-11-17-19(15-8-7-9-16(23)20(15)18)14(12-24)13-25(17)21(26)28-22(2,3)4/h7-9,11,14H,5-6,10,12-13H2,1-4H3. The molecule has 1 heterocycles. The van der Waals surface area contributed by atoms with Crippen LogP contribution >= 0.6 is 27.5 Å². The zero-order chi connectivity index (χ0) is 20.5. The van der Waals surface area contributed by atoms with Crippen LogP contribution in [0.1, 0.15) is 52.0 Å². The van der Waals surface area contributed by atoms with Gasteiger partial charge in [-0.05, 0) is 44.2 Å². The normalized spacial score (nSPS) is 16.4. The Kier molecular flexibility index (Phi) is 6.45. The van der Waals surface area contributed by atoms with Gasteiger partial charge < -0.3 is 9.47 Å². The first kappa shape index (κ1) is 21.3. The highest BCUT2D eigenvalue weighted by Crippen LogP contribution is 2.47. The molecule has 1 aliphatic rings. The van der Waals surface area contributed by atoms with Crippen LogP contribution in [-0.4, -0.2) is 30.7 Å². The summed E-state index contributed by atoms with van der Waals surface area (Å²) in [6.07, 6.45) is 1.68. The van der Waals surface area contributed by atoms with E-state index in [1.165, 1.54) is 0 Å². The van der Waals surface area contributed by atoms with Crippen LogP contribution in [0.2, 0.25) is 0 Å². The maximum absolute atomic E-state index is 12.9. The van der Waals surface area contributed by atoms with Crippen molar-refractivity contribution in [3.8, 4) is 5.75 Å². The predicted molar refractivity (Wildman–Crippen MR) is 119 cm³/mol. The van der Waals surface area contributed by atoms with E-state index in [1.807, 2.05) is 39.0 Å². The van der Waals surface area contributed by atoms with E-state index in [-0.39, 0.29) is 12.0 Å². The summed E-state index contributed by atoms with van der Waals surface area (Å²) >= 11 is 9.97. The molecule has 1 amide bonds. The lowest BCUT2D eigenvalue weighted by atomic mass is 9.95. The lowest BCUT2D eigenvalue weighted by Crippen LogP contribution is -2.36. The molecule has 1 unspecified atom stereocenters. The van der Waals surface area contributed by atoms with E-state index in [2.05, 4.69) is 28.9 Å². The fourth-order valence-corrected chi connectivity index (χ4v) is 4.34. The van der Waals surface area contributed by atoms with E-state index in [4.69, 9.17) is 21.1 Å². The highest BCUT2D eigenvalue weighted by atomic mass is 79.9.